The van der Waals surface area contributed by atoms with Crippen LogP contribution in [0.2, 0.25) is 0 Å². The van der Waals surface area contributed by atoms with Gasteiger partial charge in [0.05, 0.1) is 12.1 Å². The Morgan fingerprint density at radius 1 is 0.781 bits per heavy atom. The lowest BCUT2D eigenvalue weighted by Crippen LogP contribution is -2.14. The number of benzene rings is 3. The average Bonchev–Trinajstić information content (AvgIpc) is 3.21. The van der Waals surface area contributed by atoms with E-state index in [-0.39, 0.29) is 5.91 Å². The van der Waals surface area contributed by atoms with Crippen molar-refractivity contribution in [1.82, 2.24) is 19.8 Å². The molecule has 1 amide bonds. The van der Waals surface area contributed by atoms with Gasteiger partial charge in [0.15, 0.2) is 11.5 Å². The summed E-state index contributed by atoms with van der Waals surface area (Å²) in [5.74, 6) is 0.687. The molecule has 0 aliphatic rings. The fourth-order valence-electron chi connectivity index (χ4n) is 3.61. The second-order valence-corrected chi connectivity index (χ2v) is 7.60. The molecule has 6 heteroatoms. The molecule has 2 heterocycles. The van der Waals surface area contributed by atoms with E-state index in [1.165, 1.54) is 0 Å². The van der Waals surface area contributed by atoms with Crippen molar-refractivity contribution in [1.29, 1.82) is 0 Å². The van der Waals surface area contributed by atoms with Crippen molar-refractivity contribution < 1.29 is 4.79 Å². The number of aryl methyl sites for hydroxylation is 1. The highest BCUT2D eigenvalue weighted by molar-refractivity contribution is 5.92. The number of aromatic nitrogens is 4. The van der Waals surface area contributed by atoms with E-state index >= 15 is 0 Å². The van der Waals surface area contributed by atoms with Crippen LogP contribution in [-0.4, -0.2) is 25.7 Å². The van der Waals surface area contributed by atoms with E-state index in [4.69, 9.17) is 0 Å². The van der Waals surface area contributed by atoms with E-state index in [0.717, 1.165) is 39.5 Å². The Balaban J connectivity index is 1.24. The third kappa shape index (κ3) is 4.11. The molecule has 0 aliphatic carbocycles. The van der Waals surface area contributed by atoms with Crippen LogP contribution in [0.1, 0.15) is 11.4 Å². The maximum absolute atomic E-state index is 12.5. The third-order valence-electron chi connectivity index (χ3n) is 5.31. The molecule has 0 atom stereocenters. The maximum atomic E-state index is 12.5. The Morgan fingerprint density at radius 3 is 2.22 bits per heavy atom. The lowest BCUT2D eigenvalue weighted by Gasteiger charge is -2.08. The normalized spacial score (nSPS) is 10.9. The standard InChI is InChI=1S/C26H21N5O/c1-18-28-29-25-16-15-24(30-31(18)25)22-11-13-23(14-12-22)27-26(32)17-19-7-9-21(10-8-19)20-5-3-2-4-6-20/h2-16H,17H2,1H3,(H,27,32). The van der Waals surface area contributed by atoms with Crippen molar-refractivity contribution in [3.63, 3.8) is 0 Å². The molecule has 1 N–H and O–H groups in total. The number of rotatable bonds is 5. The molecule has 3 aromatic carbocycles. The topological polar surface area (TPSA) is 72.2 Å². The molecule has 0 saturated heterocycles. The highest BCUT2D eigenvalue weighted by atomic mass is 16.1. The summed E-state index contributed by atoms with van der Waals surface area (Å²) < 4.78 is 1.72. The summed E-state index contributed by atoms with van der Waals surface area (Å²) in [5.41, 5.74) is 6.51. The molecule has 2 aromatic heterocycles. The van der Waals surface area contributed by atoms with Crippen molar-refractivity contribution >= 4 is 17.2 Å². The Bertz CT molecular complexity index is 1370. The molecular formula is C26H21N5O. The third-order valence-corrected chi connectivity index (χ3v) is 5.31. The predicted molar refractivity (Wildman–Crippen MR) is 125 cm³/mol. The first-order chi connectivity index (χ1) is 15.7. The highest BCUT2D eigenvalue weighted by Crippen LogP contribution is 2.21. The number of carbonyl (C=O) groups excluding carboxylic acids is 1. The van der Waals surface area contributed by atoms with E-state index in [9.17, 15) is 4.79 Å². The minimum absolute atomic E-state index is 0.0510. The van der Waals surface area contributed by atoms with Gasteiger partial charge >= 0.3 is 0 Å². The van der Waals surface area contributed by atoms with Crippen molar-refractivity contribution in [2.75, 3.05) is 5.32 Å². The second-order valence-electron chi connectivity index (χ2n) is 7.60. The quantitative estimate of drug-likeness (QED) is 0.438. The molecule has 156 valence electrons. The van der Waals surface area contributed by atoms with Gasteiger partial charge in [-0.05, 0) is 47.9 Å². The van der Waals surface area contributed by atoms with Gasteiger partial charge in [0, 0.05) is 11.3 Å². The van der Waals surface area contributed by atoms with Crippen LogP contribution >= 0.6 is 0 Å². The molecule has 0 aliphatic heterocycles. The number of anilines is 1. The zero-order valence-corrected chi connectivity index (χ0v) is 17.6. The Hall–Kier alpha value is -4.32. The first kappa shape index (κ1) is 19.6. The summed E-state index contributed by atoms with van der Waals surface area (Å²) in [7, 11) is 0. The molecule has 0 unspecified atom stereocenters. The van der Waals surface area contributed by atoms with Crippen LogP contribution in [0.4, 0.5) is 5.69 Å². The van der Waals surface area contributed by atoms with Crippen LogP contribution in [0.5, 0.6) is 0 Å². The summed E-state index contributed by atoms with van der Waals surface area (Å²) in [6.07, 6.45) is 0.321. The lowest BCUT2D eigenvalue weighted by molar-refractivity contribution is -0.115. The Morgan fingerprint density at radius 2 is 1.47 bits per heavy atom. The first-order valence-corrected chi connectivity index (χ1v) is 10.4. The van der Waals surface area contributed by atoms with Crippen molar-refractivity contribution in [3.8, 4) is 22.4 Å². The highest BCUT2D eigenvalue weighted by Gasteiger charge is 2.08. The molecule has 0 radical (unpaired) electrons. The van der Waals surface area contributed by atoms with Crippen molar-refractivity contribution in [2.45, 2.75) is 13.3 Å². The van der Waals surface area contributed by atoms with Gasteiger partial charge in [-0.2, -0.15) is 9.61 Å². The van der Waals surface area contributed by atoms with E-state index < -0.39 is 0 Å². The number of hydrogen-bond donors (Lipinski definition) is 1. The zero-order valence-electron chi connectivity index (χ0n) is 17.6. The van der Waals surface area contributed by atoms with Crippen LogP contribution < -0.4 is 5.32 Å². The molecule has 32 heavy (non-hydrogen) atoms. The van der Waals surface area contributed by atoms with Crippen LogP contribution in [0, 0.1) is 6.92 Å². The molecule has 0 fully saturated rings. The van der Waals surface area contributed by atoms with E-state index in [1.54, 1.807) is 4.52 Å². The minimum Gasteiger partial charge on any atom is -0.326 e. The van der Waals surface area contributed by atoms with Gasteiger partial charge in [-0.3, -0.25) is 4.79 Å². The van der Waals surface area contributed by atoms with Gasteiger partial charge in [-0.25, -0.2) is 0 Å². The monoisotopic (exact) mass is 419 g/mol. The fourth-order valence-corrected chi connectivity index (χ4v) is 3.61. The number of nitrogens with one attached hydrogen (secondary N) is 1. The molecule has 5 rings (SSSR count). The minimum atomic E-state index is -0.0510. The Kier molecular flexibility index (Phi) is 5.17. The molecule has 0 bridgehead atoms. The Labute approximate surface area is 185 Å². The van der Waals surface area contributed by atoms with E-state index in [0.29, 0.717) is 12.1 Å². The molecular weight excluding hydrogens is 398 g/mol. The number of hydrogen-bond acceptors (Lipinski definition) is 4. The van der Waals surface area contributed by atoms with Gasteiger partial charge in [0.25, 0.3) is 0 Å². The second kappa shape index (κ2) is 8.43. The SMILES string of the molecule is Cc1nnc2ccc(-c3ccc(NC(=O)Cc4ccc(-c5ccccc5)cc4)cc3)nn12. The van der Waals surface area contributed by atoms with Gasteiger partial charge < -0.3 is 5.32 Å². The summed E-state index contributed by atoms with van der Waals surface area (Å²) in [6.45, 7) is 1.87. The summed E-state index contributed by atoms with van der Waals surface area (Å²) in [6, 6.07) is 29.8. The molecule has 0 saturated carbocycles. The maximum Gasteiger partial charge on any atom is 0.228 e. The summed E-state index contributed by atoms with van der Waals surface area (Å²) in [5, 5.41) is 15.6. The lowest BCUT2D eigenvalue weighted by atomic mass is 10.0. The molecule has 6 nitrogen and oxygen atoms in total. The van der Waals surface area contributed by atoms with Crippen molar-refractivity contribution in [2.24, 2.45) is 0 Å². The van der Waals surface area contributed by atoms with Gasteiger partial charge in [-0.1, -0.05) is 66.7 Å². The van der Waals surface area contributed by atoms with Crippen LogP contribution in [0.25, 0.3) is 28.0 Å². The number of carbonyl (C=O) groups is 1. The number of fused-ring (bicyclic) bond motifs is 1. The smallest absolute Gasteiger partial charge is 0.228 e. The largest absolute Gasteiger partial charge is 0.326 e. The average molecular weight is 419 g/mol. The molecule has 5 aromatic rings. The zero-order chi connectivity index (χ0) is 21.9. The van der Waals surface area contributed by atoms with Crippen molar-refractivity contribution in [3.05, 3.63) is 102 Å². The van der Waals surface area contributed by atoms with Gasteiger partial charge in [-0.15, -0.1) is 10.2 Å². The first-order valence-electron chi connectivity index (χ1n) is 10.4. The van der Waals surface area contributed by atoms with Crippen LogP contribution in [-0.2, 0) is 11.2 Å². The summed E-state index contributed by atoms with van der Waals surface area (Å²) >= 11 is 0. The predicted octanol–water partition coefficient (Wildman–Crippen LogP) is 4.95. The van der Waals surface area contributed by atoms with Crippen LogP contribution in [0.3, 0.4) is 0 Å². The summed E-state index contributed by atoms with van der Waals surface area (Å²) in [4.78, 5) is 12.5. The van der Waals surface area contributed by atoms with Crippen LogP contribution in [0.15, 0.2) is 91.0 Å². The van der Waals surface area contributed by atoms with Gasteiger partial charge in [0.1, 0.15) is 0 Å². The number of nitrogens with zero attached hydrogens (tertiary/aromatic N) is 4. The molecule has 0 spiro atoms. The number of amides is 1. The van der Waals surface area contributed by atoms with E-state index in [1.807, 2.05) is 85.8 Å². The fraction of sp³-hybridized carbons (Fsp3) is 0.0769. The van der Waals surface area contributed by atoms with Gasteiger partial charge in [0.2, 0.25) is 5.91 Å². The van der Waals surface area contributed by atoms with E-state index in [2.05, 4.69) is 32.7 Å².